The minimum absolute atomic E-state index is 0.00757. The average Bonchev–Trinajstić information content (AvgIpc) is 2.73. The Labute approximate surface area is 183 Å². The van der Waals surface area contributed by atoms with Gasteiger partial charge in [0.15, 0.2) is 0 Å². The van der Waals surface area contributed by atoms with Crippen LogP contribution in [0.5, 0.6) is 0 Å². The highest BCUT2D eigenvalue weighted by atomic mass is 16.2. The molecule has 0 unspecified atom stereocenters. The summed E-state index contributed by atoms with van der Waals surface area (Å²) in [5.41, 5.74) is 6.64. The highest BCUT2D eigenvalue weighted by Crippen LogP contribution is 2.22. The lowest BCUT2D eigenvalue weighted by Gasteiger charge is -2.19. The maximum Gasteiger partial charge on any atom is 0.246 e. The second-order valence-corrected chi connectivity index (χ2v) is 7.90. The first-order chi connectivity index (χ1) is 14.8. The lowest BCUT2D eigenvalue weighted by Crippen LogP contribution is -2.38. The summed E-state index contributed by atoms with van der Waals surface area (Å²) in [7, 11) is 0. The van der Waals surface area contributed by atoms with Crippen LogP contribution in [-0.4, -0.2) is 18.4 Å². The summed E-state index contributed by atoms with van der Waals surface area (Å²) in [5.74, 6) is -0.412. The van der Waals surface area contributed by atoms with Crippen molar-refractivity contribution in [3.63, 3.8) is 0 Å². The summed E-state index contributed by atoms with van der Waals surface area (Å²) in [6.45, 7) is 7.99. The van der Waals surface area contributed by atoms with Gasteiger partial charge in [-0.1, -0.05) is 65.7 Å². The van der Waals surface area contributed by atoms with E-state index in [4.69, 9.17) is 0 Å². The third-order valence-electron chi connectivity index (χ3n) is 5.12. The molecular weight excluding hydrogens is 386 g/mol. The number of aryl methyl sites for hydroxylation is 4. The monoisotopic (exact) mass is 415 g/mol. The third-order valence-corrected chi connectivity index (χ3v) is 5.12. The minimum atomic E-state index is -0.659. The van der Waals surface area contributed by atoms with Crippen molar-refractivity contribution >= 4 is 23.2 Å². The quantitative estimate of drug-likeness (QED) is 0.518. The molecule has 0 aliphatic heterocycles. The molecule has 5 heteroatoms. The van der Waals surface area contributed by atoms with Crippen molar-refractivity contribution in [2.75, 3.05) is 17.2 Å². The third kappa shape index (κ3) is 6.03. The molecule has 0 saturated heterocycles. The Balaban J connectivity index is 1.71. The van der Waals surface area contributed by atoms with Crippen molar-refractivity contribution in [1.29, 1.82) is 0 Å². The molecule has 160 valence electrons. The van der Waals surface area contributed by atoms with Crippen molar-refractivity contribution in [2.24, 2.45) is 0 Å². The molecule has 0 saturated carbocycles. The first-order valence-electron chi connectivity index (χ1n) is 10.4. The number of carbonyl (C=O) groups is 2. The van der Waals surface area contributed by atoms with E-state index in [9.17, 15) is 9.59 Å². The Bertz CT molecular complexity index is 1040. The van der Waals surface area contributed by atoms with E-state index in [0.29, 0.717) is 5.69 Å². The highest BCUT2D eigenvalue weighted by Gasteiger charge is 2.21. The Morgan fingerprint density at radius 3 is 2.00 bits per heavy atom. The number of anilines is 2. The molecule has 3 aromatic rings. The molecule has 0 bridgehead atoms. The van der Waals surface area contributed by atoms with E-state index in [-0.39, 0.29) is 18.4 Å². The predicted molar refractivity (Wildman–Crippen MR) is 126 cm³/mol. The number of hydrogen-bond acceptors (Lipinski definition) is 3. The van der Waals surface area contributed by atoms with Gasteiger partial charge in [-0.25, -0.2) is 0 Å². The van der Waals surface area contributed by atoms with E-state index in [1.165, 1.54) is 0 Å². The topological polar surface area (TPSA) is 70.2 Å². The van der Waals surface area contributed by atoms with Gasteiger partial charge in [0.25, 0.3) is 0 Å². The van der Waals surface area contributed by atoms with Crippen LogP contribution in [0.2, 0.25) is 0 Å². The van der Waals surface area contributed by atoms with Gasteiger partial charge in [0.05, 0.1) is 6.54 Å². The van der Waals surface area contributed by atoms with Crippen LogP contribution >= 0.6 is 0 Å². The number of hydrogen-bond donors (Lipinski definition) is 3. The van der Waals surface area contributed by atoms with Gasteiger partial charge in [0.2, 0.25) is 11.8 Å². The molecule has 3 rings (SSSR count). The van der Waals surface area contributed by atoms with E-state index >= 15 is 0 Å². The smallest absolute Gasteiger partial charge is 0.246 e. The maximum absolute atomic E-state index is 13.0. The Morgan fingerprint density at radius 2 is 1.39 bits per heavy atom. The standard InChI is InChI=1S/C26H29N3O2/c1-17-10-12-22(13-11-17)28-26(31)25(21-8-6-5-7-9-21)27-16-23(30)29-24-19(3)14-18(2)15-20(24)4/h5-15,25,27H,16H2,1-4H3,(H,28,31)(H,29,30)/t25-/m1/s1. The fourth-order valence-electron chi connectivity index (χ4n) is 3.61. The highest BCUT2D eigenvalue weighted by molar-refractivity contribution is 5.97. The molecule has 3 aromatic carbocycles. The van der Waals surface area contributed by atoms with Gasteiger partial charge in [0.1, 0.15) is 6.04 Å². The van der Waals surface area contributed by atoms with Crippen molar-refractivity contribution in [3.8, 4) is 0 Å². The molecule has 0 radical (unpaired) electrons. The average molecular weight is 416 g/mol. The van der Waals surface area contributed by atoms with Crippen LogP contribution < -0.4 is 16.0 Å². The van der Waals surface area contributed by atoms with Crippen molar-refractivity contribution in [2.45, 2.75) is 33.7 Å². The summed E-state index contributed by atoms with van der Waals surface area (Å²) in [6.07, 6.45) is 0. The number of benzene rings is 3. The normalized spacial score (nSPS) is 11.6. The minimum Gasteiger partial charge on any atom is -0.324 e. The number of nitrogens with one attached hydrogen (secondary N) is 3. The number of amides is 2. The van der Waals surface area contributed by atoms with Crippen molar-refractivity contribution < 1.29 is 9.59 Å². The van der Waals surface area contributed by atoms with Gasteiger partial charge in [-0.05, 0) is 56.5 Å². The molecule has 0 aliphatic rings. The van der Waals surface area contributed by atoms with E-state index in [1.807, 2.05) is 94.4 Å². The first-order valence-corrected chi connectivity index (χ1v) is 10.4. The Kier molecular flexibility index (Phi) is 7.21. The van der Waals surface area contributed by atoms with E-state index in [0.717, 1.165) is 33.5 Å². The molecule has 0 aromatic heterocycles. The van der Waals surface area contributed by atoms with Gasteiger partial charge in [-0.2, -0.15) is 0 Å². The zero-order valence-corrected chi connectivity index (χ0v) is 18.5. The summed E-state index contributed by atoms with van der Waals surface area (Å²) in [5, 5.41) is 9.02. The summed E-state index contributed by atoms with van der Waals surface area (Å²) in [4.78, 5) is 25.7. The molecule has 2 amide bonds. The van der Waals surface area contributed by atoms with Crippen LogP contribution in [0.25, 0.3) is 0 Å². The fourth-order valence-corrected chi connectivity index (χ4v) is 3.61. The van der Waals surface area contributed by atoms with Crippen LogP contribution in [-0.2, 0) is 9.59 Å². The zero-order valence-electron chi connectivity index (χ0n) is 18.5. The Morgan fingerprint density at radius 1 is 0.774 bits per heavy atom. The molecule has 3 N–H and O–H groups in total. The number of rotatable bonds is 7. The van der Waals surface area contributed by atoms with Gasteiger partial charge in [0, 0.05) is 11.4 Å². The van der Waals surface area contributed by atoms with Crippen LogP contribution in [0.3, 0.4) is 0 Å². The molecule has 0 heterocycles. The van der Waals surface area contributed by atoms with Crippen LogP contribution in [0, 0.1) is 27.7 Å². The lowest BCUT2D eigenvalue weighted by atomic mass is 10.0. The molecule has 0 aliphatic carbocycles. The largest absolute Gasteiger partial charge is 0.324 e. The van der Waals surface area contributed by atoms with Crippen molar-refractivity contribution in [1.82, 2.24) is 5.32 Å². The number of carbonyl (C=O) groups excluding carboxylic acids is 2. The molecular formula is C26H29N3O2. The molecule has 0 spiro atoms. The zero-order chi connectivity index (χ0) is 22.4. The van der Waals surface area contributed by atoms with Crippen LogP contribution in [0.4, 0.5) is 11.4 Å². The van der Waals surface area contributed by atoms with Gasteiger partial charge >= 0.3 is 0 Å². The van der Waals surface area contributed by atoms with E-state index in [2.05, 4.69) is 16.0 Å². The molecule has 31 heavy (non-hydrogen) atoms. The summed E-state index contributed by atoms with van der Waals surface area (Å²) >= 11 is 0. The summed E-state index contributed by atoms with van der Waals surface area (Å²) in [6, 6.07) is 20.4. The van der Waals surface area contributed by atoms with Crippen LogP contribution in [0.1, 0.15) is 33.9 Å². The lowest BCUT2D eigenvalue weighted by molar-refractivity contribution is -0.119. The maximum atomic E-state index is 13.0. The van der Waals surface area contributed by atoms with Crippen LogP contribution in [0.15, 0.2) is 66.7 Å². The first kappa shape index (κ1) is 22.2. The fraction of sp³-hybridized carbons (Fsp3) is 0.231. The van der Waals surface area contributed by atoms with Gasteiger partial charge in [-0.15, -0.1) is 0 Å². The second-order valence-electron chi connectivity index (χ2n) is 7.90. The SMILES string of the molecule is Cc1ccc(NC(=O)[C@H](NCC(=O)Nc2c(C)cc(C)cc2C)c2ccccc2)cc1. The molecule has 0 fully saturated rings. The van der Waals surface area contributed by atoms with Gasteiger partial charge < -0.3 is 10.6 Å². The van der Waals surface area contributed by atoms with E-state index < -0.39 is 6.04 Å². The second kappa shape index (κ2) is 10.0. The van der Waals surface area contributed by atoms with Gasteiger partial charge in [-0.3, -0.25) is 14.9 Å². The summed E-state index contributed by atoms with van der Waals surface area (Å²) < 4.78 is 0. The predicted octanol–water partition coefficient (Wildman–Crippen LogP) is 4.83. The molecule has 5 nitrogen and oxygen atoms in total. The molecule has 1 atom stereocenters. The van der Waals surface area contributed by atoms with E-state index in [1.54, 1.807) is 0 Å². The van der Waals surface area contributed by atoms with Crippen molar-refractivity contribution in [3.05, 3.63) is 94.5 Å². The Hall–Kier alpha value is -3.44.